The SMILES string of the molecule is CC(C)(C)C(=O)Nc1ccnn1C1CCN(C(=O)CN)CC1.Cl. The van der Waals surface area contributed by atoms with Crippen molar-refractivity contribution in [2.24, 2.45) is 11.1 Å². The van der Waals surface area contributed by atoms with E-state index in [1.807, 2.05) is 25.5 Å². The Morgan fingerprint density at radius 1 is 1.35 bits per heavy atom. The number of halogens is 1. The highest BCUT2D eigenvalue weighted by Gasteiger charge is 2.27. The molecule has 0 unspecified atom stereocenters. The molecule has 2 amide bonds. The van der Waals surface area contributed by atoms with E-state index in [1.165, 1.54) is 0 Å². The van der Waals surface area contributed by atoms with Crippen LogP contribution < -0.4 is 11.1 Å². The average molecular weight is 344 g/mol. The number of carbonyl (C=O) groups excluding carboxylic acids is 2. The van der Waals surface area contributed by atoms with Crippen LogP contribution in [0.2, 0.25) is 0 Å². The molecule has 0 aromatic carbocycles. The van der Waals surface area contributed by atoms with Gasteiger partial charge in [-0.3, -0.25) is 9.59 Å². The van der Waals surface area contributed by atoms with E-state index in [1.54, 1.807) is 17.2 Å². The number of hydrogen-bond acceptors (Lipinski definition) is 4. The van der Waals surface area contributed by atoms with Gasteiger partial charge >= 0.3 is 0 Å². The van der Waals surface area contributed by atoms with Gasteiger partial charge in [0.15, 0.2) is 0 Å². The Labute approximate surface area is 143 Å². The van der Waals surface area contributed by atoms with Crippen LogP contribution in [0.3, 0.4) is 0 Å². The normalized spacial score (nSPS) is 15.9. The Kier molecular flexibility index (Phi) is 6.58. The zero-order valence-electron chi connectivity index (χ0n) is 13.9. The topological polar surface area (TPSA) is 93.2 Å². The summed E-state index contributed by atoms with van der Waals surface area (Å²) < 4.78 is 1.86. The third-order valence-electron chi connectivity index (χ3n) is 3.93. The minimum Gasteiger partial charge on any atom is -0.341 e. The minimum absolute atomic E-state index is 0. The predicted molar refractivity (Wildman–Crippen MR) is 91.5 cm³/mol. The number of nitrogens with zero attached hydrogens (tertiary/aromatic N) is 3. The van der Waals surface area contributed by atoms with Crippen molar-refractivity contribution in [3.05, 3.63) is 12.3 Å². The summed E-state index contributed by atoms with van der Waals surface area (Å²) in [6, 6.07) is 1.99. The fourth-order valence-electron chi connectivity index (χ4n) is 2.50. The lowest BCUT2D eigenvalue weighted by Crippen LogP contribution is -2.42. The summed E-state index contributed by atoms with van der Waals surface area (Å²) in [6.07, 6.45) is 3.31. The molecule has 1 aromatic heterocycles. The molecule has 1 saturated heterocycles. The fourth-order valence-corrected chi connectivity index (χ4v) is 2.50. The van der Waals surface area contributed by atoms with Gasteiger partial charge in [-0.05, 0) is 12.8 Å². The number of nitrogens with two attached hydrogens (primary N) is 1. The molecule has 3 N–H and O–H groups in total. The Hall–Kier alpha value is -1.60. The monoisotopic (exact) mass is 343 g/mol. The second-order valence-electron chi connectivity index (χ2n) is 6.68. The van der Waals surface area contributed by atoms with Gasteiger partial charge in [-0.15, -0.1) is 12.4 Å². The average Bonchev–Trinajstić information content (AvgIpc) is 2.93. The van der Waals surface area contributed by atoms with E-state index >= 15 is 0 Å². The second-order valence-corrected chi connectivity index (χ2v) is 6.68. The fraction of sp³-hybridized carbons (Fsp3) is 0.667. The Balaban J connectivity index is 0.00000264. The van der Waals surface area contributed by atoms with Crippen molar-refractivity contribution >= 4 is 30.0 Å². The number of anilines is 1. The molecule has 1 aliphatic heterocycles. The van der Waals surface area contributed by atoms with Gasteiger partial charge in [0.2, 0.25) is 11.8 Å². The smallest absolute Gasteiger partial charge is 0.236 e. The van der Waals surface area contributed by atoms with Gasteiger partial charge in [-0.25, -0.2) is 4.68 Å². The molecule has 7 nitrogen and oxygen atoms in total. The maximum atomic E-state index is 12.1. The van der Waals surface area contributed by atoms with E-state index in [0.717, 1.165) is 12.8 Å². The molecule has 1 aromatic rings. The molecule has 2 rings (SSSR count). The van der Waals surface area contributed by atoms with Crippen LogP contribution in [0.4, 0.5) is 5.82 Å². The summed E-state index contributed by atoms with van der Waals surface area (Å²) in [7, 11) is 0. The highest BCUT2D eigenvalue weighted by Crippen LogP contribution is 2.26. The standard InChI is InChI=1S/C15H25N5O2.ClH/c1-15(2,3)14(22)18-12-4-7-17-20(12)11-5-8-19(9-6-11)13(21)10-16;/h4,7,11H,5-6,8-10,16H2,1-3H3,(H,18,22);1H. The van der Waals surface area contributed by atoms with Gasteiger partial charge in [0.25, 0.3) is 0 Å². The number of piperidine rings is 1. The van der Waals surface area contributed by atoms with Crippen LogP contribution in [0.5, 0.6) is 0 Å². The number of carbonyl (C=O) groups is 2. The molecule has 8 heteroatoms. The number of aromatic nitrogens is 2. The maximum absolute atomic E-state index is 12.1. The highest BCUT2D eigenvalue weighted by atomic mass is 35.5. The zero-order valence-corrected chi connectivity index (χ0v) is 14.7. The first-order valence-electron chi connectivity index (χ1n) is 7.65. The van der Waals surface area contributed by atoms with E-state index in [4.69, 9.17) is 5.73 Å². The molecule has 0 aliphatic carbocycles. The summed E-state index contributed by atoms with van der Waals surface area (Å²) in [6.45, 7) is 7.03. The molecule has 0 saturated carbocycles. The lowest BCUT2D eigenvalue weighted by molar-refractivity contribution is -0.131. The lowest BCUT2D eigenvalue weighted by Gasteiger charge is -2.32. The van der Waals surface area contributed by atoms with Crippen LogP contribution >= 0.6 is 12.4 Å². The van der Waals surface area contributed by atoms with E-state index in [9.17, 15) is 9.59 Å². The predicted octanol–water partition coefficient (Wildman–Crippen LogP) is 1.41. The molecule has 2 heterocycles. The van der Waals surface area contributed by atoms with Gasteiger partial charge < -0.3 is 16.0 Å². The number of nitrogens with one attached hydrogen (secondary N) is 1. The lowest BCUT2D eigenvalue weighted by atomic mass is 9.96. The van der Waals surface area contributed by atoms with Crippen LogP contribution in [0, 0.1) is 5.41 Å². The molecule has 0 radical (unpaired) electrons. The van der Waals surface area contributed by atoms with Crippen molar-refractivity contribution in [2.45, 2.75) is 39.7 Å². The van der Waals surface area contributed by atoms with E-state index in [2.05, 4.69) is 10.4 Å². The molecule has 1 fully saturated rings. The zero-order chi connectivity index (χ0) is 16.3. The van der Waals surface area contributed by atoms with Crippen molar-refractivity contribution in [1.29, 1.82) is 0 Å². The molecular weight excluding hydrogens is 318 g/mol. The van der Waals surface area contributed by atoms with Crippen LogP contribution in [0.1, 0.15) is 39.7 Å². The summed E-state index contributed by atoms with van der Waals surface area (Å²) >= 11 is 0. The van der Waals surface area contributed by atoms with Crippen molar-refractivity contribution in [3.8, 4) is 0 Å². The largest absolute Gasteiger partial charge is 0.341 e. The Morgan fingerprint density at radius 3 is 2.48 bits per heavy atom. The third-order valence-corrected chi connectivity index (χ3v) is 3.93. The van der Waals surface area contributed by atoms with Crippen LogP contribution in [-0.4, -0.2) is 46.1 Å². The number of hydrogen-bond donors (Lipinski definition) is 2. The minimum atomic E-state index is -0.452. The molecule has 0 bridgehead atoms. The summed E-state index contributed by atoms with van der Waals surface area (Å²) in [5.74, 6) is 0.661. The first-order valence-corrected chi connectivity index (χ1v) is 7.65. The van der Waals surface area contributed by atoms with Crippen LogP contribution in [0.15, 0.2) is 12.3 Å². The third kappa shape index (κ3) is 4.68. The van der Waals surface area contributed by atoms with Crippen molar-refractivity contribution < 1.29 is 9.59 Å². The van der Waals surface area contributed by atoms with Crippen molar-refractivity contribution in [3.63, 3.8) is 0 Å². The van der Waals surface area contributed by atoms with Gasteiger partial charge in [0.05, 0.1) is 18.8 Å². The quantitative estimate of drug-likeness (QED) is 0.867. The first kappa shape index (κ1) is 19.4. The van der Waals surface area contributed by atoms with Gasteiger partial charge in [0, 0.05) is 24.6 Å². The summed E-state index contributed by atoms with van der Waals surface area (Å²) in [5, 5.41) is 7.27. The molecule has 1 aliphatic rings. The highest BCUT2D eigenvalue weighted by molar-refractivity contribution is 5.93. The van der Waals surface area contributed by atoms with Gasteiger partial charge in [-0.2, -0.15) is 5.10 Å². The molecule has 0 spiro atoms. The van der Waals surface area contributed by atoms with Crippen molar-refractivity contribution in [2.75, 3.05) is 25.0 Å². The summed E-state index contributed by atoms with van der Waals surface area (Å²) in [5.41, 5.74) is 4.94. The maximum Gasteiger partial charge on any atom is 0.236 e. The molecule has 23 heavy (non-hydrogen) atoms. The second kappa shape index (κ2) is 7.79. The number of likely N-dealkylation sites (tertiary alicyclic amines) is 1. The van der Waals surface area contributed by atoms with Crippen LogP contribution in [-0.2, 0) is 9.59 Å². The first-order chi connectivity index (χ1) is 10.3. The molecular formula is C15H26ClN5O2. The van der Waals surface area contributed by atoms with Gasteiger partial charge in [0.1, 0.15) is 5.82 Å². The summed E-state index contributed by atoms with van der Waals surface area (Å²) in [4.78, 5) is 25.5. The molecule has 0 atom stereocenters. The molecule has 130 valence electrons. The van der Waals surface area contributed by atoms with Gasteiger partial charge in [-0.1, -0.05) is 20.8 Å². The number of rotatable bonds is 3. The van der Waals surface area contributed by atoms with Crippen LogP contribution in [0.25, 0.3) is 0 Å². The number of amides is 2. The van der Waals surface area contributed by atoms with E-state index in [-0.39, 0.29) is 36.8 Å². The van der Waals surface area contributed by atoms with E-state index in [0.29, 0.717) is 18.9 Å². The Bertz CT molecular complexity index is 544. The van der Waals surface area contributed by atoms with E-state index < -0.39 is 5.41 Å². The Morgan fingerprint density at radius 2 is 1.96 bits per heavy atom. The van der Waals surface area contributed by atoms with Crippen molar-refractivity contribution in [1.82, 2.24) is 14.7 Å².